The molecule has 2 aliphatic carbocycles. The van der Waals surface area contributed by atoms with Crippen LogP contribution in [0.1, 0.15) is 47.9 Å². The number of fused-ring (bicyclic) bond motifs is 6. The number of hydrogen-bond donors (Lipinski definition) is 2. The molecule has 0 saturated carbocycles. The van der Waals surface area contributed by atoms with Crippen molar-refractivity contribution in [3.05, 3.63) is 71.3 Å². The SMILES string of the molecule is C[C@@H](c1cccc2ccccc12)n1c(O)c2c(c1O)[C@H]1C=C[C@@H]2C1. The maximum atomic E-state index is 10.8. The van der Waals surface area contributed by atoms with E-state index in [-0.39, 0.29) is 29.6 Å². The van der Waals surface area contributed by atoms with Gasteiger partial charge in [-0.15, -0.1) is 0 Å². The van der Waals surface area contributed by atoms with Gasteiger partial charge < -0.3 is 10.2 Å². The zero-order valence-electron chi connectivity index (χ0n) is 13.5. The van der Waals surface area contributed by atoms with Crippen LogP contribution in [0, 0.1) is 0 Å². The highest BCUT2D eigenvalue weighted by Crippen LogP contribution is 2.57. The number of aromatic nitrogens is 1. The Morgan fingerprint density at radius 2 is 1.54 bits per heavy atom. The lowest BCUT2D eigenvalue weighted by Crippen LogP contribution is -2.07. The molecule has 3 atom stereocenters. The highest BCUT2D eigenvalue weighted by molar-refractivity contribution is 5.86. The molecule has 3 nitrogen and oxygen atoms in total. The van der Waals surface area contributed by atoms with Gasteiger partial charge in [-0.05, 0) is 29.7 Å². The molecule has 0 saturated heterocycles. The predicted molar refractivity (Wildman–Crippen MR) is 94.8 cm³/mol. The van der Waals surface area contributed by atoms with E-state index in [1.807, 2.05) is 25.1 Å². The van der Waals surface area contributed by atoms with Crippen LogP contribution in [0.15, 0.2) is 54.6 Å². The Bertz CT molecular complexity index is 958. The summed E-state index contributed by atoms with van der Waals surface area (Å²) in [7, 11) is 0. The third-order valence-corrected chi connectivity index (χ3v) is 5.71. The molecule has 1 heterocycles. The summed E-state index contributed by atoms with van der Waals surface area (Å²) in [4.78, 5) is 0. The third-order valence-electron chi connectivity index (χ3n) is 5.71. The molecular weight excluding hydrogens is 298 g/mol. The Morgan fingerprint density at radius 1 is 0.917 bits per heavy atom. The summed E-state index contributed by atoms with van der Waals surface area (Å²) in [5.41, 5.74) is 2.95. The van der Waals surface area contributed by atoms with Gasteiger partial charge in [-0.25, -0.2) is 0 Å². The lowest BCUT2D eigenvalue weighted by Gasteiger charge is -2.19. The van der Waals surface area contributed by atoms with Crippen LogP contribution in [-0.2, 0) is 0 Å². The Balaban J connectivity index is 1.70. The standard InChI is InChI=1S/C21H19NO2/c1-12(16-8-4-6-13-5-2-3-7-17(13)16)22-20(23)18-14-9-10-15(11-14)19(18)21(22)24/h2-10,12,14-15,23-24H,11H2,1H3/t12-,14-,15+/m0/s1. The Kier molecular flexibility index (Phi) is 2.67. The minimum absolute atomic E-state index is 0.138. The number of rotatable bonds is 2. The largest absolute Gasteiger partial charge is 0.494 e. The summed E-state index contributed by atoms with van der Waals surface area (Å²) in [5, 5.41) is 24.0. The van der Waals surface area contributed by atoms with E-state index < -0.39 is 0 Å². The van der Waals surface area contributed by atoms with Gasteiger partial charge in [-0.1, -0.05) is 54.6 Å². The smallest absolute Gasteiger partial charge is 0.198 e. The zero-order valence-corrected chi connectivity index (χ0v) is 13.5. The first kappa shape index (κ1) is 13.7. The van der Waals surface area contributed by atoms with Crippen LogP contribution in [0.4, 0.5) is 0 Å². The lowest BCUT2D eigenvalue weighted by molar-refractivity contribution is 0.351. The fourth-order valence-corrected chi connectivity index (χ4v) is 4.58. The summed E-state index contributed by atoms with van der Waals surface area (Å²) in [6.07, 6.45) is 5.29. The maximum Gasteiger partial charge on any atom is 0.198 e. The fourth-order valence-electron chi connectivity index (χ4n) is 4.58. The van der Waals surface area contributed by atoms with E-state index in [1.165, 1.54) is 5.39 Å². The molecule has 2 aromatic carbocycles. The van der Waals surface area contributed by atoms with Gasteiger partial charge in [-0.3, -0.25) is 4.57 Å². The van der Waals surface area contributed by atoms with Crippen LogP contribution in [0.5, 0.6) is 11.8 Å². The van der Waals surface area contributed by atoms with Crippen LogP contribution in [0.3, 0.4) is 0 Å². The zero-order chi connectivity index (χ0) is 16.4. The highest BCUT2D eigenvalue weighted by Gasteiger charge is 2.41. The van der Waals surface area contributed by atoms with Gasteiger partial charge in [0, 0.05) is 23.0 Å². The van der Waals surface area contributed by atoms with E-state index in [0.29, 0.717) is 0 Å². The number of aromatic hydroxyl groups is 2. The van der Waals surface area contributed by atoms with Crippen molar-refractivity contribution in [2.45, 2.75) is 31.2 Å². The first-order valence-corrected chi connectivity index (χ1v) is 8.48. The molecule has 0 unspecified atom stereocenters. The summed E-state index contributed by atoms with van der Waals surface area (Å²) in [5.74, 6) is 0.938. The first-order chi connectivity index (χ1) is 11.7. The molecule has 0 radical (unpaired) electrons. The highest BCUT2D eigenvalue weighted by atomic mass is 16.3. The van der Waals surface area contributed by atoms with E-state index >= 15 is 0 Å². The average Bonchev–Trinajstić information content (AvgIpc) is 3.28. The molecule has 0 amide bonds. The lowest BCUT2D eigenvalue weighted by atomic mass is 9.99. The number of hydrogen-bond acceptors (Lipinski definition) is 2. The second-order valence-electron chi connectivity index (χ2n) is 6.92. The molecule has 2 N–H and O–H groups in total. The number of benzene rings is 2. The molecule has 0 fully saturated rings. The van der Waals surface area contributed by atoms with Gasteiger partial charge in [0.05, 0.1) is 6.04 Å². The molecule has 0 aliphatic heterocycles. The van der Waals surface area contributed by atoms with Crippen molar-refractivity contribution in [2.75, 3.05) is 0 Å². The van der Waals surface area contributed by atoms with E-state index in [2.05, 4.69) is 36.4 Å². The van der Waals surface area contributed by atoms with Gasteiger partial charge in [0.1, 0.15) is 0 Å². The maximum absolute atomic E-state index is 10.8. The molecule has 1 aromatic heterocycles. The molecule has 3 aromatic rings. The molecule has 0 spiro atoms. The van der Waals surface area contributed by atoms with Crippen LogP contribution in [0.2, 0.25) is 0 Å². The van der Waals surface area contributed by atoms with Crippen molar-refractivity contribution in [3.8, 4) is 11.8 Å². The number of allylic oxidation sites excluding steroid dienone is 2. The van der Waals surface area contributed by atoms with E-state index in [4.69, 9.17) is 0 Å². The Hall–Kier alpha value is -2.68. The topological polar surface area (TPSA) is 45.4 Å². The predicted octanol–water partition coefficient (Wildman–Crippen LogP) is 4.80. The van der Waals surface area contributed by atoms with Gasteiger partial charge in [-0.2, -0.15) is 0 Å². The summed E-state index contributed by atoms with van der Waals surface area (Å²) >= 11 is 0. The number of nitrogens with zero attached hydrogens (tertiary/aromatic N) is 1. The van der Waals surface area contributed by atoms with Crippen LogP contribution < -0.4 is 0 Å². The van der Waals surface area contributed by atoms with Gasteiger partial charge in [0.25, 0.3) is 0 Å². The molecular formula is C21H19NO2. The van der Waals surface area contributed by atoms with Gasteiger partial charge >= 0.3 is 0 Å². The van der Waals surface area contributed by atoms with Gasteiger partial charge in [0.2, 0.25) is 0 Å². The molecule has 3 heteroatoms. The quantitative estimate of drug-likeness (QED) is 0.667. The second kappa shape index (κ2) is 4.67. The summed E-state index contributed by atoms with van der Waals surface area (Å²) < 4.78 is 1.69. The van der Waals surface area contributed by atoms with Crippen molar-refractivity contribution >= 4 is 10.8 Å². The molecule has 2 bridgehead atoms. The van der Waals surface area contributed by atoms with Crippen molar-refractivity contribution in [1.29, 1.82) is 0 Å². The van der Waals surface area contributed by atoms with Crippen LogP contribution >= 0.6 is 0 Å². The Labute approximate surface area is 140 Å². The third kappa shape index (κ3) is 1.62. The second-order valence-corrected chi connectivity index (χ2v) is 6.92. The summed E-state index contributed by atoms with van der Waals surface area (Å²) in [6, 6.07) is 14.3. The van der Waals surface area contributed by atoms with Crippen molar-refractivity contribution in [1.82, 2.24) is 4.57 Å². The van der Waals surface area contributed by atoms with Crippen molar-refractivity contribution in [3.63, 3.8) is 0 Å². The fraction of sp³-hybridized carbons (Fsp3) is 0.238. The normalized spacial score (nSPS) is 22.2. The van der Waals surface area contributed by atoms with Crippen molar-refractivity contribution in [2.24, 2.45) is 0 Å². The minimum atomic E-state index is -0.138. The minimum Gasteiger partial charge on any atom is -0.494 e. The van der Waals surface area contributed by atoms with E-state index in [0.717, 1.165) is 28.5 Å². The van der Waals surface area contributed by atoms with E-state index in [9.17, 15) is 10.2 Å². The Morgan fingerprint density at radius 3 is 2.25 bits per heavy atom. The van der Waals surface area contributed by atoms with Crippen molar-refractivity contribution < 1.29 is 10.2 Å². The van der Waals surface area contributed by atoms with Crippen LogP contribution in [-0.4, -0.2) is 14.8 Å². The molecule has 2 aliphatic rings. The van der Waals surface area contributed by atoms with E-state index in [1.54, 1.807) is 4.57 Å². The molecule has 24 heavy (non-hydrogen) atoms. The van der Waals surface area contributed by atoms with Crippen LogP contribution in [0.25, 0.3) is 10.8 Å². The first-order valence-electron chi connectivity index (χ1n) is 8.48. The monoisotopic (exact) mass is 317 g/mol. The molecule has 5 rings (SSSR count). The molecule has 120 valence electrons. The average molecular weight is 317 g/mol. The summed E-state index contributed by atoms with van der Waals surface area (Å²) in [6.45, 7) is 2.03. The van der Waals surface area contributed by atoms with Gasteiger partial charge in [0.15, 0.2) is 11.8 Å².